The zero-order valence-corrected chi connectivity index (χ0v) is 15.2. The van der Waals surface area contributed by atoms with Crippen LogP contribution in [0.15, 0.2) is 29.4 Å². The SMILES string of the molecule is COc1cc(C(=O)N/N=C(\C)c2ccc(Cl)s2)cc(OC)c1OC. The molecule has 0 atom stereocenters. The Morgan fingerprint density at radius 3 is 2.21 bits per heavy atom. The Labute approximate surface area is 149 Å². The number of thiophene rings is 1. The van der Waals surface area contributed by atoms with Crippen molar-refractivity contribution in [3.63, 3.8) is 0 Å². The minimum absolute atomic E-state index is 0.338. The molecule has 0 spiro atoms. The summed E-state index contributed by atoms with van der Waals surface area (Å²) in [6.07, 6.45) is 0. The molecule has 8 heteroatoms. The summed E-state index contributed by atoms with van der Waals surface area (Å²) in [6, 6.07) is 6.74. The van der Waals surface area contributed by atoms with E-state index < -0.39 is 5.91 Å². The van der Waals surface area contributed by atoms with E-state index in [0.717, 1.165) is 4.88 Å². The maximum Gasteiger partial charge on any atom is 0.271 e. The molecule has 0 aliphatic carbocycles. The first-order valence-corrected chi connectivity index (χ1v) is 8.10. The number of hydrazone groups is 1. The lowest BCUT2D eigenvalue weighted by Gasteiger charge is -2.13. The Balaban J connectivity index is 2.23. The van der Waals surface area contributed by atoms with E-state index in [1.165, 1.54) is 32.7 Å². The number of nitrogens with one attached hydrogen (secondary N) is 1. The maximum atomic E-state index is 12.3. The first-order chi connectivity index (χ1) is 11.5. The number of hydrogen-bond donors (Lipinski definition) is 1. The molecule has 0 bridgehead atoms. The van der Waals surface area contributed by atoms with E-state index in [1.54, 1.807) is 25.1 Å². The molecule has 1 N–H and O–H groups in total. The van der Waals surface area contributed by atoms with Gasteiger partial charge in [0, 0.05) is 5.56 Å². The molecule has 0 fully saturated rings. The second kappa shape index (κ2) is 8.03. The first kappa shape index (κ1) is 18.1. The molecular formula is C16H17ClN2O4S. The van der Waals surface area contributed by atoms with Crippen molar-refractivity contribution >= 4 is 34.6 Å². The molecule has 1 amide bonds. The number of carbonyl (C=O) groups excluding carboxylic acids is 1. The molecular weight excluding hydrogens is 352 g/mol. The molecule has 0 aliphatic heterocycles. The molecule has 1 aromatic heterocycles. The summed E-state index contributed by atoms with van der Waals surface area (Å²) >= 11 is 7.28. The highest BCUT2D eigenvalue weighted by atomic mass is 35.5. The van der Waals surface area contributed by atoms with E-state index >= 15 is 0 Å². The molecule has 24 heavy (non-hydrogen) atoms. The van der Waals surface area contributed by atoms with Crippen LogP contribution in [0.2, 0.25) is 4.34 Å². The summed E-state index contributed by atoms with van der Waals surface area (Å²) in [4.78, 5) is 13.2. The molecule has 2 aromatic rings. The second-order valence-electron chi connectivity index (χ2n) is 4.66. The lowest BCUT2D eigenvalue weighted by Crippen LogP contribution is -2.19. The average molecular weight is 369 g/mol. The number of benzene rings is 1. The van der Waals surface area contributed by atoms with Gasteiger partial charge in [-0.2, -0.15) is 5.10 Å². The van der Waals surface area contributed by atoms with E-state index in [4.69, 9.17) is 25.8 Å². The fraction of sp³-hybridized carbons (Fsp3) is 0.250. The van der Waals surface area contributed by atoms with Crippen LogP contribution in [0.3, 0.4) is 0 Å². The number of nitrogens with zero attached hydrogens (tertiary/aromatic N) is 1. The Kier molecular flexibility index (Phi) is 6.05. The van der Waals surface area contributed by atoms with E-state index in [0.29, 0.717) is 32.9 Å². The number of amides is 1. The molecule has 0 saturated heterocycles. The lowest BCUT2D eigenvalue weighted by molar-refractivity contribution is 0.0954. The van der Waals surface area contributed by atoms with Gasteiger partial charge in [-0.15, -0.1) is 11.3 Å². The smallest absolute Gasteiger partial charge is 0.271 e. The maximum absolute atomic E-state index is 12.3. The van der Waals surface area contributed by atoms with Crippen molar-refractivity contribution in [3.05, 3.63) is 39.0 Å². The van der Waals surface area contributed by atoms with Crippen LogP contribution < -0.4 is 19.6 Å². The van der Waals surface area contributed by atoms with Gasteiger partial charge >= 0.3 is 0 Å². The Bertz CT molecular complexity index is 748. The zero-order chi connectivity index (χ0) is 17.7. The highest BCUT2D eigenvalue weighted by molar-refractivity contribution is 7.18. The molecule has 0 aliphatic rings. The topological polar surface area (TPSA) is 69.2 Å². The van der Waals surface area contributed by atoms with Gasteiger partial charge in [0.15, 0.2) is 11.5 Å². The summed E-state index contributed by atoms with van der Waals surface area (Å²) in [5.41, 5.74) is 3.51. The van der Waals surface area contributed by atoms with Gasteiger partial charge in [0.1, 0.15) is 0 Å². The van der Waals surface area contributed by atoms with Gasteiger partial charge in [-0.25, -0.2) is 5.43 Å². The zero-order valence-electron chi connectivity index (χ0n) is 13.7. The molecule has 0 saturated carbocycles. The predicted octanol–water partition coefficient (Wildman–Crippen LogP) is 3.58. The van der Waals surface area contributed by atoms with E-state index in [9.17, 15) is 4.79 Å². The van der Waals surface area contributed by atoms with Crippen molar-refractivity contribution < 1.29 is 19.0 Å². The highest BCUT2D eigenvalue weighted by Gasteiger charge is 2.17. The number of methoxy groups -OCH3 is 3. The number of hydrogen-bond acceptors (Lipinski definition) is 6. The third-order valence-electron chi connectivity index (χ3n) is 3.18. The van der Waals surface area contributed by atoms with E-state index in [2.05, 4.69) is 10.5 Å². The van der Waals surface area contributed by atoms with Crippen LogP contribution in [0.1, 0.15) is 22.2 Å². The molecule has 0 radical (unpaired) electrons. The van der Waals surface area contributed by atoms with Crippen molar-refractivity contribution in [3.8, 4) is 17.2 Å². The summed E-state index contributed by atoms with van der Waals surface area (Å²) in [6.45, 7) is 1.79. The molecule has 2 rings (SSSR count). The van der Waals surface area contributed by atoms with Gasteiger partial charge in [-0.3, -0.25) is 4.79 Å². The van der Waals surface area contributed by atoms with Gasteiger partial charge in [0.05, 0.1) is 36.3 Å². The monoisotopic (exact) mass is 368 g/mol. The Morgan fingerprint density at radius 1 is 1.12 bits per heavy atom. The fourth-order valence-corrected chi connectivity index (χ4v) is 2.96. The van der Waals surface area contributed by atoms with Crippen LogP contribution >= 0.6 is 22.9 Å². The number of ether oxygens (including phenoxy) is 3. The standard InChI is InChI=1S/C16H17ClN2O4S/c1-9(13-5-6-14(17)24-13)18-19-16(20)10-7-11(21-2)15(23-4)12(8-10)22-3/h5-8H,1-4H3,(H,19,20)/b18-9+. The minimum atomic E-state index is -0.392. The van der Waals surface area contributed by atoms with Gasteiger partial charge in [0.2, 0.25) is 5.75 Å². The molecule has 128 valence electrons. The minimum Gasteiger partial charge on any atom is -0.493 e. The summed E-state index contributed by atoms with van der Waals surface area (Å²) in [5, 5.41) is 4.09. The van der Waals surface area contributed by atoms with Crippen LogP contribution in [0.4, 0.5) is 0 Å². The predicted molar refractivity (Wildman–Crippen MR) is 95.1 cm³/mol. The van der Waals surface area contributed by atoms with E-state index in [-0.39, 0.29) is 0 Å². The van der Waals surface area contributed by atoms with Crippen LogP contribution in [0.25, 0.3) is 0 Å². The third kappa shape index (κ3) is 3.98. The fourth-order valence-electron chi connectivity index (χ4n) is 1.98. The number of halogens is 1. The lowest BCUT2D eigenvalue weighted by atomic mass is 10.1. The Hall–Kier alpha value is -2.25. The van der Waals surface area contributed by atoms with Gasteiger partial charge in [0.25, 0.3) is 5.91 Å². The van der Waals surface area contributed by atoms with Crippen LogP contribution in [-0.2, 0) is 0 Å². The summed E-state index contributed by atoms with van der Waals surface area (Å²) in [5.74, 6) is 0.821. The Morgan fingerprint density at radius 2 is 1.75 bits per heavy atom. The largest absolute Gasteiger partial charge is 0.493 e. The van der Waals surface area contributed by atoms with Gasteiger partial charge in [-0.1, -0.05) is 11.6 Å². The highest BCUT2D eigenvalue weighted by Crippen LogP contribution is 2.38. The number of rotatable bonds is 6. The first-order valence-electron chi connectivity index (χ1n) is 6.90. The van der Waals surface area contributed by atoms with Crippen LogP contribution in [0.5, 0.6) is 17.2 Å². The third-order valence-corrected chi connectivity index (χ3v) is 4.52. The van der Waals surface area contributed by atoms with Crippen LogP contribution in [-0.4, -0.2) is 32.9 Å². The van der Waals surface area contributed by atoms with E-state index in [1.807, 2.05) is 6.07 Å². The molecule has 1 heterocycles. The second-order valence-corrected chi connectivity index (χ2v) is 6.37. The summed E-state index contributed by atoms with van der Waals surface area (Å²) in [7, 11) is 4.48. The molecule has 6 nitrogen and oxygen atoms in total. The van der Waals surface area contributed by atoms with Crippen molar-refractivity contribution in [2.24, 2.45) is 5.10 Å². The molecule has 0 unspecified atom stereocenters. The number of carbonyl (C=O) groups is 1. The van der Waals surface area contributed by atoms with Crippen molar-refractivity contribution in [2.45, 2.75) is 6.92 Å². The summed E-state index contributed by atoms with van der Waals surface area (Å²) < 4.78 is 16.4. The van der Waals surface area contributed by atoms with Crippen LogP contribution in [0, 0.1) is 0 Å². The average Bonchev–Trinajstić information content (AvgIpc) is 3.04. The van der Waals surface area contributed by atoms with Crippen molar-refractivity contribution in [1.29, 1.82) is 0 Å². The van der Waals surface area contributed by atoms with Crippen molar-refractivity contribution in [1.82, 2.24) is 5.43 Å². The van der Waals surface area contributed by atoms with Gasteiger partial charge < -0.3 is 14.2 Å². The molecule has 1 aromatic carbocycles. The quantitative estimate of drug-likeness (QED) is 0.625. The normalized spacial score (nSPS) is 11.1. The van der Waals surface area contributed by atoms with Gasteiger partial charge in [-0.05, 0) is 31.2 Å². The van der Waals surface area contributed by atoms with Crippen molar-refractivity contribution in [2.75, 3.05) is 21.3 Å².